The monoisotopic (exact) mass is 297 g/mol. The normalized spacial score (nSPS) is 26.6. The number of anilines is 1. The molecule has 3 unspecified atom stereocenters. The van der Waals surface area contributed by atoms with Gasteiger partial charge in [0.1, 0.15) is 0 Å². The minimum atomic E-state index is 0.635. The summed E-state index contributed by atoms with van der Waals surface area (Å²) in [4.78, 5) is 7.73. The van der Waals surface area contributed by atoms with Crippen LogP contribution < -0.4 is 15.0 Å². The fourth-order valence-corrected chi connectivity index (χ4v) is 3.66. The third-order valence-electron chi connectivity index (χ3n) is 4.38. The number of aromatic nitrogens is 1. The molecule has 3 atom stereocenters. The second-order valence-electron chi connectivity index (χ2n) is 6.17. The summed E-state index contributed by atoms with van der Waals surface area (Å²) in [5, 5.41) is 4.69. The van der Waals surface area contributed by atoms with Gasteiger partial charge < -0.3 is 15.0 Å². The minimum absolute atomic E-state index is 0.635. The van der Waals surface area contributed by atoms with Crippen molar-refractivity contribution in [2.24, 2.45) is 11.8 Å². The van der Waals surface area contributed by atoms with Crippen LogP contribution in [0.25, 0.3) is 0 Å². The number of methoxy groups -OCH3 is 1. The molecule has 0 saturated heterocycles. The molecule has 1 saturated carbocycles. The standard InChI is InChI=1S/C15H27N3OS/c1-10-6-7-12(8-11(10)2)16-9-13-14(19-5)17-15(20-13)18(3)4/h10-12,16H,6-9H2,1-5H3. The van der Waals surface area contributed by atoms with E-state index in [-0.39, 0.29) is 0 Å². The Bertz CT molecular complexity index is 433. The van der Waals surface area contributed by atoms with Gasteiger partial charge in [0.25, 0.3) is 0 Å². The number of ether oxygens (including phenoxy) is 1. The van der Waals surface area contributed by atoms with Gasteiger partial charge in [-0.1, -0.05) is 25.2 Å². The molecule has 20 heavy (non-hydrogen) atoms. The smallest absolute Gasteiger partial charge is 0.230 e. The third kappa shape index (κ3) is 3.64. The molecule has 0 spiro atoms. The maximum Gasteiger partial charge on any atom is 0.230 e. The first kappa shape index (κ1) is 15.6. The molecule has 1 aliphatic carbocycles. The lowest BCUT2D eigenvalue weighted by Gasteiger charge is -2.32. The zero-order valence-electron chi connectivity index (χ0n) is 13.3. The van der Waals surface area contributed by atoms with E-state index in [9.17, 15) is 0 Å². The van der Waals surface area contributed by atoms with Gasteiger partial charge in [0.15, 0.2) is 5.13 Å². The fraction of sp³-hybridized carbons (Fsp3) is 0.800. The van der Waals surface area contributed by atoms with E-state index in [1.54, 1.807) is 18.4 Å². The van der Waals surface area contributed by atoms with Gasteiger partial charge in [-0.3, -0.25) is 0 Å². The zero-order valence-corrected chi connectivity index (χ0v) is 14.1. The Morgan fingerprint density at radius 1 is 1.30 bits per heavy atom. The van der Waals surface area contributed by atoms with Gasteiger partial charge in [-0.15, -0.1) is 0 Å². The number of nitrogens with zero attached hydrogens (tertiary/aromatic N) is 2. The number of rotatable bonds is 5. The number of hydrogen-bond acceptors (Lipinski definition) is 5. The molecule has 1 aromatic rings. The first-order valence-electron chi connectivity index (χ1n) is 7.45. The van der Waals surface area contributed by atoms with Crippen molar-refractivity contribution >= 4 is 16.5 Å². The van der Waals surface area contributed by atoms with Crippen LogP contribution in [0.1, 0.15) is 38.0 Å². The molecule has 1 fully saturated rings. The molecule has 0 aliphatic heterocycles. The van der Waals surface area contributed by atoms with E-state index in [1.165, 1.54) is 24.1 Å². The third-order valence-corrected chi connectivity index (χ3v) is 5.58. The lowest BCUT2D eigenvalue weighted by Crippen LogP contribution is -2.35. The Morgan fingerprint density at radius 3 is 2.65 bits per heavy atom. The van der Waals surface area contributed by atoms with E-state index in [1.807, 2.05) is 19.0 Å². The largest absolute Gasteiger partial charge is 0.480 e. The van der Waals surface area contributed by atoms with E-state index >= 15 is 0 Å². The van der Waals surface area contributed by atoms with Crippen LogP contribution in [0.2, 0.25) is 0 Å². The minimum Gasteiger partial charge on any atom is -0.480 e. The molecule has 1 heterocycles. The molecular formula is C15H27N3OS. The van der Waals surface area contributed by atoms with E-state index < -0.39 is 0 Å². The van der Waals surface area contributed by atoms with Crippen LogP contribution in [0, 0.1) is 11.8 Å². The van der Waals surface area contributed by atoms with E-state index in [4.69, 9.17) is 4.74 Å². The van der Waals surface area contributed by atoms with Gasteiger partial charge in [-0.2, -0.15) is 4.98 Å². The molecule has 2 rings (SSSR count). The molecule has 0 amide bonds. The molecule has 114 valence electrons. The van der Waals surface area contributed by atoms with E-state index in [0.29, 0.717) is 6.04 Å². The second kappa shape index (κ2) is 6.76. The first-order valence-corrected chi connectivity index (χ1v) is 8.27. The van der Waals surface area contributed by atoms with Crippen LogP contribution in [-0.4, -0.2) is 32.2 Å². The van der Waals surface area contributed by atoms with Crippen LogP contribution in [0.4, 0.5) is 5.13 Å². The second-order valence-corrected chi connectivity index (χ2v) is 7.23. The molecule has 1 aromatic heterocycles. The topological polar surface area (TPSA) is 37.4 Å². The highest BCUT2D eigenvalue weighted by Crippen LogP contribution is 2.32. The predicted octanol–water partition coefficient (Wildman–Crippen LogP) is 3.13. The average molecular weight is 297 g/mol. The highest BCUT2D eigenvalue weighted by molar-refractivity contribution is 7.15. The SMILES string of the molecule is COc1nc(N(C)C)sc1CNC1CCC(C)C(C)C1. The van der Waals surface area contributed by atoms with Gasteiger partial charge in [0.2, 0.25) is 5.88 Å². The average Bonchev–Trinajstić information content (AvgIpc) is 2.83. The molecule has 1 aliphatic rings. The van der Waals surface area contributed by atoms with Crippen molar-refractivity contribution < 1.29 is 4.74 Å². The summed E-state index contributed by atoms with van der Waals surface area (Å²) in [6.07, 6.45) is 3.90. The van der Waals surface area contributed by atoms with Crippen LogP contribution >= 0.6 is 11.3 Å². The molecule has 0 radical (unpaired) electrons. The zero-order chi connectivity index (χ0) is 14.7. The summed E-state index contributed by atoms with van der Waals surface area (Å²) in [6, 6.07) is 0.635. The molecule has 1 N–H and O–H groups in total. The van der Waals surface area contributed by atoms with E-state index in [0.717, 1.165) is 29.4 Å². The number of nitrogens with one attached hydrogen (secondary N) is 1. The van der Waals surface area contributed by atoms with Gasteiger partial charge >= 0.3 is 0 Å². The van der Waals surface area contributed by atoms with Gasteiger partial charge in [0.05, 0.1) is 12.0 Å². The van der Waals surface area contributed by atoms with Crippen LogP contribution in [0.3, 0.4) is 0 Å². The summed E-state index contributed by atoms with van der Waals surface area (Å²) in [5.74, 6) is 2.46. The highest BCUT2D eigenvalue weighted by atomic mass is 32.1. The Kier molecular flexibility index (Phi) is 5.27. The lowest BCUT2D eigenvalue weighted by molar-refractivity contribution is 0.225. The summed E-state index contributed by atoms with van der Waals surface area (Å²) >= 11 is 1.71. The van der Waals surface area contributed by atoms with Crippen LogP contribution in [0.5, 0.6) is 5.88 Å². The van der Waals surface area contributed by atoms with Crippen molar-refractivity contribution in [3.05, 3.63) is 4.88 Å². The molecule has 4 nitrogen and oxygen atoms in total. The Balaban J connectivity index is 1.93. The molecule has 0 bridgehead atoms. The van der Waals surface area contributed by atoms with Crippen molar-refractivity contribution in [3.8, 4) is 5.88 Å². The van der Waals surface area contributed by atoms with Crippen molar-refractivity contribution in [1.29, 1.82) is 0 Å². The maximum absolute atomic E-state index is 5.39. The van der Waals surface area contributed by atoms with Crippen LogP contribution in [0.15, 0.2) is 0 Å². The van der Waals surface area contributed by atoms with E-state index in [2.05, 4.69) is 24.1 Å². The quantitative estimate of drug-likeness (QED) is 0.906. The van der Waals surface area contributed by atoms with Gasteiger partial charge in [0, 0.05) is 26.7 Å². The summed E-state index contributed by atoms with van der Waals surface area (Å²) in [7, 11) is 5.72. The summed E-state index contributed by atoms with van der Waals surface area (Å²) in [5.41, 5.74) is 0. The highest BCUT2D eigenvalue weighted by Gasteiger charge is 2.24. The Labute approximate surface area is 126 Å². The molecule has 0 aromatic carbocycles. The fourth-order valence-electron chi connectivity index (χ4n) is 2.76. The lowest BCUT2D eigenvalue weighted by atomic mass is 9.79. The van der Waals surface area contributed by atoms with Crippen molar-refractivity contribution in [2.75, 3.05) is 26.1 Å². The van der Waals surface area contributed by atoms with Gasteiger partial charge in [-0.25, -0.2) is 0 Å². The number of hydrogen-bond donors (Lipinski definition) is 1. The van der Waals surface area contributed by atoms with Crippen molar-refractivity contribution in [3.63, 3.8) is 0 Å². The van der Waals surface area contributed by atoms with Crippen molar-refractivity contribution in [2.45, 2.75) is 45.7 Å². The Hall–Kier alpha value is -0.810. The van der Waals surface area contributed by atoms with Crippen molar-refractivity contribution in [1.82, 2.24) is 10.3 Å². The predicted molar refractivity (Wildman–Crippen MR) is 85.8 cm³/mol. The summed E-state index contributed by atoms with van der Waals surface area (Å²) in [6.45, 7) is 5.60. The Morgan fingerprint density at radius 2 is 2.05 bits per heavy atom. The number of thiazole rings is 1. The van der Waals surface area contributed by atoms with Crippen LogP contribution in [-0.2, 0) is 6.54 Å². The molecule has 5 heteroatoms. The molecular weight excluding hydrogens is 270 g/mol. The first-order chi connectivity index (χ1) is 9.51. The maximum atomic E-state index is 5.39. The summed E-state index contributed by atoms with van der Waals surface area (Å²) < 4.78 is 5.39. The van der Waals surface area contributed by atoms with Gasteiger partial charge in [-0.05, 0) is 31.1 Å².